The van der Waals surface area contributed by atoms with Crippen molar-refractivity contribution in [1.82, 2.24) is 24.7 Å². The number of amides is 1. The van der Waals surface area contributed by atoms with Gasteiger partial charge in [-0.25, -0.2) is 4.98 Å². The second-order valence-corrected chi connectivity index (χ2v) is 8.52. The molecule has 4 rings (SSSR count). The fraction of sp³-hybridized carbons (Fsp3) is 0.150. The van der Waals surface area contributed by atoms with Crippen LogP contribution in [-0.4, -0.2) is 35.9 Å². The van der Waals surface area contributed by atoms with E-state index in [0.717, 1.165) is 15.8 Å². The first kappa shape index (κ1) is 19.3. The van der Waals surface area contributed by atoms with Crippen LogP contribution in [0.2, 0.25) is 0 Å². The lowest BCUT2D eigenvalue weighted by atomic mass is 10.3. The highest BCUT2D eigenvalue weighted by Gasteiger charge is 2.21. The molecule has 1 amide bonds. The lowest BCUT2D eigenvalue weighted by Gasteiger charge is -2.11. The predicted octanol–water partition coefficient (Wildman–Crippen LogP) is 4.26. The van der Waals surface area contributed by atoms with Crippen molar-refractivity contribution < 1.29 is 4.79 Å². The Bertz CT molecular complexity index is 1120. The molecular formula is C20H18N6OS2. The van der Waals surface area contributed by atoms with Crippen LogP contribution in [0.15, 0.2) is 66.6 Å². The van der Waals surface area contributed by atoms with Crippen molar-refractivity contribution in [2.45, 2.75) is 23.9 Å². The molecule has 0 spiro atoms. The first-order chi connectivity index (χ1) is 14.2. The van der Waals surface area contributed by atoms with Gasteiger partial charge in [0.15, 0.2) is 16.1 Å². The minimum atomic E-state index is -0.378. The Kier molecular flexibility index (Phi) is 5.68. The van der Waals surface area contributed by atoms with E-state index < -0.39 is 0 Å². The second-order valence-electron chi connectivity index (χ2n) is 6.18. The fourth-order valence-corrected chi connectivity index (χ4v) is 4.45. The van der Waals surface area contributed by atoms with Crippen LogP contribution in [0.1, 0.15) is 6.92 Å². The van der Waals surface area contributed by atoms with Crippen molar-refractivity contribution in [3.8, 4) is 11.4 Å². The lowest BCUT2D eigenvalue weighted by molar-refractivity contribution is -0.115. The molecule has 1 atom stereocenters. The van der Waals surface area contributed by atoms with E-state index in [4.69, 9.17) is 0 Å². The molecule has 1 N–H and O–H groups in total. The number of allylic oxidation sites excluding steroid dienone is 1. The summed E-state index contributed by atoms with van der Waals surface area (Å²) in [6.45, 7) is 6.19. The van der Waals surface area contributed by atoms with Gasteiger partial charge in [0.2, 0.25) is 5.91 Å². The monoisotopic (exact) mass is 422 g/mol. The zero-order valence-corrected chi connectivity index (χ0v) is 17.3. The molecule has 0 aliphatic heterocycles. The number of benzene rings is 1. The van der Waals surface area contributed by atoms with Crippen LogP contribution in [0.25, 0.3) is 21.6 Å². The molecule has 4 aromatic rings. The molecule has 1 aromatic carbocycles. The van der Waals surface area contributed by atoms with Crippen molar-refractivity contribution in [3.05, 3.63) is 61.4 Å². The van der Waals surface area contributed by atoms with E-state index in [1.807, 2.05) is 47.9 Å². The van der Waals surface area contributed by atoms with Gasteiger partial charge < -0.3 is 5.32 Å². The summed E-state index contributed by atoms with van der Waals surface area (Å²) in [4.78, 5) is 21.3. The van der Waals surface area contributed by atoms with Gasteiger partial charge in [-0.2, -0.15) is 0 Å². The Morgan fingerprint density at radius 1 is 1.31 bits per heavy atom. The number of carbonyl (C=O) groups excluding carboxylic acids is 1. The van der Waals surface area contributed by atoms with Gasteiger partial charge in [-0.05, 0) is 31.2 Å². The SMILES string of the molecule is C=CCn1c(S[C@H](C)C(=O)Nc2nc3ccccc3s2)nnc1-c1cccnc1. The maximum atomic E-state index is 12.7. The Labute approximate surface area is 175 Å². The Balaban J connectivity index is 1.51. The number of para-hydroxylation sites is 1. The Hall–Kier alpha value is -3.04. The molecule has 0 aliphatic carbocycles. The highest BCUT2D eigenvalue weighted by Crippen LogP contribution is 2.29. The summed E-state index contributed by atoms with van der Waals surface area (Å²) in [5.41, 5.74) is 1.74. The molecule has 0 saturated heterocycles. The molecule has 0 bridgehead atoms. The van der Waals surface area contributed by atoms with Crippen LogP contribution in [0.4, 0.5) is 5.13 Å². The van der Waals surface area contributed by atoms with Crippen molar-refractivity contribution in [2.24, 2.45) is 0 Å². The topological polar surface area (TPSA) is 85.6 Å². The largest absolute Gasteiger partial charge is 0.301 e. The number of thioether (sulfide) groups is 1. The molecule has 0 fully saturated rings. The smallest absolute Gasteiger partial charge is 0.239 e. The Morgan fingerprint density at radius 2 is 2.17 bits per heavy atom. The third-order valence-corrected chi connectivity index (χ3v) is 6.16. The highest BCUT2D eigenvalue weighted by molar-refractivity contribution is 8.00. The van der Waals surface area contributed by atoms with Gasteiger partial charge in [-0.3, -0.25) is 14.3 Å². The average molecular weight is 423 g/mol. The predicted molar refractivity (Wildman–Crippen MR) is 117 cm³/mol. The molecule has 29 heavy (non-hydrogen) atoms. The number of hydrogen-bond acceptors (Lipinski definition) is 7. The molecule has 7 nitrogen and oxygen atoms in total. The third-order valence-electron chi connectivity index (χ3n) is 4.12. The number of hydrogen-bond donors (Lipinski definition) is 1. The summed E-state index contributed by atoms with van der Waals surface area (Å²) in [5.74, 6) is 0.560. The van der Waals surface area contributed by atoms with Gasteiger partial charge in [-0.15, -0.1) is 16.8 Å². The van der Waals surface area contributed by atoms with Gasteiger partial charge in [0, 0.05) is 24.5 Å². The zero-order chi connectivity index (χ0) is 20.2. The van der Waals surface area contributed by atoms with Crippen LogP contribution >= 0.6 is 23.1 Å². The number of rotatable bonds is 7. The number of nitrogens with zero attached hydrogens (tertiary/aromatic N) is 5. The fourth-order valence-electron chi connectivity index (χ4n) is 2.72. The number of thiazole rings is 1. The number of aromatic nitrogens is 5. The van der Waals surface area contributed by atoms with Crippen LogP contribution < -0.4 is 5.32 Å². The van der Waals surface area contributed by atoms with E-state index in [0.29, 0.717) is 22.7 Å². The number of pyridine rings is 1. The maximum Gasteiger partial charge on any atom is 0.239 e. The van der Waals surface area contributed by atoms with Gasteiger partial charge in [0.25, 0.3) is 0 Å². The lowest BCUT2D eigenvalue weighted by Crippen LogP contribution is -2.22. The van der Waals surface area contributed by atoms with Crippen molar-refractivity contribution in [1.29, 1.82) is 0 Å². The van der Waals surface area contributed by atoms with Gasteiger partial charge in [-0.1, -0.05) is 41.3 Å². The van der Waals surface area contributed by atoms with Crippen molar-refractivity contribution >= 4 is 44.4 Å². The van der Waals surface area contributed by atoms with Crippen LogP contribution in [0.3, 0.4) is 0 Å². The molecule has 3 aromatic heterocycles. The average Bonchev–Trinajstić information content (AvgIpc) is 3.32. The van der Waals surface area contributed by atoms with Crippen LogP contribution in [-0.2, 0) is 11.3 Å². The quantitative estimate of drug-likeness (QED) is 0.354. The molecule has 9 heteroatoms. The summed E-state index contributed by atoms with van der Waals surface area (Å²) in [6.07, 6.45) is 5.22. The summed E-state index contributed by atoms with van der Waals surface area (Å²) < 4.78 is 2.96. The zero-order valence-electron chi connectivity index (χ0n) is 15.6. The van der Waals surface area contributed by atoms with Gasteiger partial charge in [0.05, 0.1) is 15.5 Å². The first-order valence-electron chi connectivity index (χ1n) is 8.93. The van der Waals surface area contributed by atoms with Gasteiger partial charge in [0.1, 0.15) is 0 Å². The van der Waals surface area contributed by atoms with E-state index in [1.165, 1.54) is 23.1 Å². The second kappa shape index (κ2) is 8.54. The number of carbonyl (C=O) groups is 1. The van der Waals surface area contributed by atoms with E-state index in [2.05, 4.69) is 32.1 Å². The summed E-state index contributed by atoms with van der Waals surface area (Å²) >= 11 is 2.80. The minimum absolute atomic E-state index is 0.134. The van der Waals surface area contributed by atoms with Crippen LogP contribution in [0.5, 0.6) is 0 Å². The van der Waals surface area contributed by atoms with Crippen molar-refractivity contribution in [3.63, 3.8) is 0 Å². The summed E-state index contributed by atoms with van der Waals surface area (Å²) in [5, 5.41) is 12.3. The van der Waals surface area contributed by atoms with E-state index in [1.54, 1.807) is 18.5 Å². The minimum Gasteiger partial charge on any atom is -0.301 e. The first-order valence-corrected chi connectivity index (χ1v) is 10.6. The van der Waals surface area contributed by atoms with Crippen LogP contribution in [0, 0.1) is 0 Å². The van der Waals surface area contributed by atoms with E-state index in [-0.39, 0.29) is 11.2 Å². The highest BCUT2D eigenvalue weighted by atomic mass is 32.2. The standard InChI is InChI=1S/C20H18N6OS2/c1-3-11-26-17(14-7-6-10-21-12-14)24-25-20(26)28-13(2)18(27)23-19-22-15-8-4-5-9-16(15)29-19/h3-10,12-13H,1,11H2,2H3,(H,22,23,27)/t13-/m1/s1. The number of fused-ring (bicyclic) bond motifs is 1. The van der Waals surface area contributed by atoms with E-state index >= 15 is 0 Å². The van der Waals surface area contributed by atoms with Crippen molar-refractivity contribution in [2.75, 3.05) is 5.32 Å². The molecule has 146 valence electrons. The third kappa shape index (κ3) is 4.20. The molecule has 0 unspecified atom stereocenters. The summed E-state index contributed by atoms with van der Waals surface area (Å²) in [6, 6.07) is 11.6. The molecular weight excluding hydrogens is 404 g/mol. The molecule has 0 saturated carbocycles. The molecule has 0 radical (unpaired) electrons. The van der Waals surface area contributed by atoms with Gasteiger partial charge >= 0.3 is 0 Å². The molecule has 3 heterocycles. The number of nitrogens with one attached hydrogen (secondary N) is 1. The normalized spacial score (nSPS) is 12.0. The Morgan fingerprint density at radius 3 is 2.93 bits per heavy atom. The summed E-state index contributed by atoms with van der Waals surface area (Å²) in [7, 11) is 0. The number of anilines is 1. The van der Waals surface area contributed by atoms with E-state index in [9.17, 15) is 4.79 Å². The maximum absolute atomic E-state index is 12.7. The molecule has 0 aliphatic rings.